The second-order valence-electron chi connectivity index (χ2n) is 2.70. The van der Waals surface area contributed by atoms with Crippen molar-refractivity contribution in [1.82, 2.24) is 0 Å². The summed E-state index contributed by atoms with van der Waals surface area (Å²) in [6.07, 6.45) is 3.56. The minimum Gasteiger partial charge on any atom is -0.399 e. The average molecular weight is 163 g/mol. The molecule has 0 radical (unpaired) electrons. The maximum absolute atomic E-state index is 8.57. The third kappa shape index (κ3) is 2.10. The zero-order valence-electron chi connectivity index (χ0n) is 7.12. The van der Waals surface area contributed by atoms with Crippen LogP contribution in [-0.2, 0) is 0 Å². The van der Waals surface area contributed by atoms with Crippen LogP contribution >= 0.6 is 0 Å². The second-order valence-corrected chi connectivity index (χ2v) is 2.70. The molecule has 0 atom stereocenters. The molecular weight excluding hydrogens is 150 g/mol. The van der Waals surface area contributed by atoms with Crippen molar-refractivity contribution >= 4 is 11.8 Å². The van der Waals surface area contributed by atoms with Gasteiger partial charge in [0, 0.05) is 5.69 Å². The molecule has 2 heteroatoms. The maximum atomic E-state index is 8.57. The van der Waals surface area contributed by atoms with Crippen LogP contribution in [0, 0.1) is 6.92 Å². The predicted octanol–water partition coefficient (Wildman–Crippen LogP) is 1.58. The van der Waals surface area contributed by atoms with Crippen molar-refractivity contribution < 1.29 is 5.11 Å². The minimum atomic E-state index is 0.0637. The summed E-state index contributed by atoms with van der Waals surface area (Å²) < 4.78 is 0. The number of rotatable bonds is 2. The zero-order valence-corrected chi connectivity index (χ0v) is 7.12. The molecule has 0 heterocycles. The molecule has 0 spiro atoms. The molecule has 0 aliphatic rings. The highest BCUT2D eigenvalue weighted by Gasteiger charge is 1.93. The monoisotopic (exact) mass is 163 g/mol. The van der Waals surface area contributed by atoms with Crippen LogP contribution in [0.25, 0.3) is 6.08 Å². The van der Waals surface area contributed by atoms with Gasteiger partial charge >= 0.3 is 0 Å². The molecule has 1 rings (SSSR count). The van der Waals surface area contributed by atoms with Crippen molar-refractivity contribution in [2.75, 3.05) is 12.3 Å². The van der Waals surface area contributed by atoms with Gasteiger partial charge in [0.15, 0.2) is 0 Å². The molecule has 0 aliphatic heterocycles. The fourth-order valence-corrected chi connectivity index (χ4v) is 1.02. The van der Waals surface area contributed by atoms with Crippen LogP contribution in [0.3, 0.4) is 0 Å². The number of aliphatic hydroxyl groups excluding tert-OH is 1. The molecule has 0 aromatic heterocycles. The van der Waals surface area contributed by atoms with Gasteiger partial charge in [0.2, 0.25) is 0 Å². The number of benzene rings is 1. The van der Waals surface area contributed by atoms with Crippen molar-refractivity contribution in [2.24, 2.45) is 0 Å². The van der Waals surface area contributed by atoms with Crippen LogP contribution in [0.4, 0.5) is 5.69 Å². The quantitative estimate of drug-likeness (QED) is 0.650. The summed E-state index contributed by atoms with van der Waals surface area (Å²) in [6.45, 7) is 2.07. The highest BCUT2D eigenvalue weighted by molar-refractivity contribution is 5.59. The number of anilines is 1. The van der Waals surface area contributed by atoms with Crippen molar-refractivity contribution in [3.8, 4) is 0 Å². The molecule has 64 valence electrons. The first kappa shape index (κ1) is 8.81. The molecule has 0 bridgehead atoms. The van der Waals surface area contributed by atoms with Gasteiger partial charge in [-0.1, -0.05) is 18.2 Å². The Labute approximate surface area is 72.3 Å². The van der Waals surface area contributed by atoms with E-state index in [0.29, 0.717) is 0 Å². The molecule has 0 saturated heterocycles. The van der Waals surface area contributed by atoms with E-state index in [1.165, 1.54) is 0 Å². The Hall–Kier alpha value is -1.28. The predicted molar refractivity (Wildman–Crippen MR) is 51.7 cm³/mol. The van der Waals surface area contributed by atoms with Crippen molar-refractivity contribution in [1.29, 1.82) is 0 Å². The molecule has 0 unspecified atom stereocenters. The highest BCUT2D eigenvalue weighted by atomic mass is 16.2. The van der Waals surface area contributed by atoms with Gasteiger partial charge in [-0.3, -0.25) is 0 Å². The Morgan fingerprint density at radius 3 is 2.92 bits per heavy atom. The summed E-state index contributed by atoms with van der Waals surface area (Å²) in [5.41, 5.74) is 8.57. The SMILES string of the molecule is Cc1ccc(N)cc1C=CCO. The first-order valence-corrected chi connectivity index (χ1v) is 3.87. The molecule has 0 amide bonds. The van der Waals surface area contributed by atoms with Crippen LogP contribution in [0.1, 0.15) is 11.1 Å². The maximum Gasteiger partial charge on any atom is 0.0615 e. The Bertz CT molecular complexity index is 292. The van der Waals surface area contributed by atoms with E-state index in [1.54, 1.807) is 6.08 Å². The third-order valence-electron chi connectivity index (χ3n) is 1.71. The molecule has 12 heavy (non-hydrogen) atoms. The van der Waals surface area contributed by atoms with Crippen molar-refractivity contribution in [2.45, 2.75) is 6.92 Å². The fourth-order valence-electron chi connectivity index (χ4n) is 1.02. The summed E-state index contributed by atoms with van der Waals surface area (Å²) >= 11 is 0. The number of hydrogen-bond donors (Lipinski definition) is 2. The first-order chi connectivity index (χ1) is 5.74. The van der Waals surface area contributed by atoms with Crippen LogP contribution in [0.5, 0.6) is 0 Å². The normalized spacial score (nSPS) is 10.8. The number of aliphatic hydroxyl groups is 1. The Morgan fingerprint density at radius 1 is 1.50 bits per heavy atom. The van der Waals surface area contributed by atoms with Crippen molar-refractivity contribution in [3.05, 3.63) is 35.4 Å². The van der Waals surface area contributed by atoms with Gasteiger partial charge in [-0.25, -0.2) is 0 Å². The van der Waals surface area contributed by atoms with Gasteiger partial charge in [-0.05, 0) is 30.2 Å². The van der Waals surface area contributed by atoms with Gasteiger partial charge in [0.05, 0.1) is 6.61 Å². The lowest BCUT2D eigenvalue weighted by Gasteiger charge is -2.00. The lowest BCUT2D eigenvalue weighted by Crippen LogP contribution is -1.87. The first-order valence-electron chi connectivity index (χ1n) is 3.87. The van der Waals surface area contributed by atoms with E-state index in [2.05, 4.69) is 0 Å². The Kier molecular flexibility index (Phi) is 2.88. The lowest BCUT2D eigenvalue weighted by atomic mass is 10.1. The molecular formula is C10H13NO. The van der Waals surface area contributed by atoms with Crippen LogP contribution < -0.4 is 5.73 Å². The van der Waals surface area contributed by atoms with E-state index in [9.17, 15) is 0 Å². The molecule has 3 N–H and O–H groups in total. The molecule has 1 aromatic rings. The number of nitrogen functional groups attached to an aromatic ring is 1. The summed E-state index contributed by atoms with van der Waals surface area (Å²) in [5, 5.41) is 8.57. The van der Waals surface area contributed by atoms with E-state index in [-0.39, 0.29) is 6.61 Å². The number of nitrogens with two attached hydrogens (primary N) is 1. The van der Waals surface area contributed by atoms with E-state index >= 15 is 0 Å². The summed E-state index contributed by atoms with van der Waals surface area (Å²) in [5.74, 6) is 0. The molecule has 0 fully saturated rings. The number of aryl methyl sites for hydroxylation is 1. The minimum absolute atomic E-state index is 0.0637. The van der Waals surface area contributed by atoms with Gasteiger partial charge < -0.3 is 10.8 Å². The van der Waals surface area contributed by atoms with Crippen LogP contribution in [0.15, 0.2) is 24.3 Å². The summed E-state index contributed by atoms with van der Waals surface area (Å²) in [7, 11) is 0. The average Bonchev–Trinajstić information content (AvgIpc) is 2.07. The molecule has 0 aliphatic carbocycles. The van der Waals surface area contributed by atoms with E-state index in [4.69, 9.17) is 10.8 Å². The molecule has 0 saturated carbocycles. The highest BCUT2D eigenvalue weighted by Crippen LogP contribution is 2.13. The topological polar surface area (TPSA) is 46.2 Å². The second kappa shape index (κ2) is 3.93. The van der Waals surface area contributed by atoms with E-state index in [0.717, 1.165) is 16.8 Å². The fraction of sp³-hybridized carbons (Fsp3) is 0.200. The van der Waals surface area contributed by atoms with Crippen LogP contribution in [0.2, 0.25) is 0 Å². The van der Waals surface area contributed by atoms with Gasteiger partial charge in [0.25, 0.3) is 0 Å². The molecule has 1 aromatic carbocycles. The standard InChI is InChI=1S/C10H13NO/c1-8-4-5-10(11)7-9(8)3-2-6-12/h2-5,7,12H,6,11H2,1H3. The number of hydrogen-bond acceptors (Lipinski definition) is 2. The Balaban J connectivity index is 2.97. The largest absolute Gasteiger partial charge is 0.399 e. The van der Waals surface area contributed by atoms with E-state index in [1.807, 2.05) is 31.2 Å². The lowest BCUT2D eigenvalue weighted by molar-refractivity contribution is 0.343. The van der Waals surface area contributed by atoms with Crippen LogP contribution in [-0.4, -0.2) is 11.7 Å². The van der Waals surface area contributed by atoms with Gasteiger partial charge in [0.1, 0.15) is 0 Å². The summed E-state index contributed by atoms with van der Waals surface area (Å²) in [6, 6.07) is 5.72. The Morgan fingerprint density at radius 2 is 2.25 bits per heavy atom. The smallest absolute Gasteiger partial charge is 0.0615 e. The van der Waals surface area contributed by atoms with Gasteiger partial charge in [-0.15, -0.1) is 0 Å². The van der Waals surface area contributed by atoms with Crippen molar-refractivity contribution in [3.63, 3.8) is 0 Å². The van der Waals surface area contributed by atoms with E-state index < -0.39 is 0 Å². The van der Waals surface area contributed by atoms with Gasteiger partial charge in [-0.2, -0.15) is 0 Å². The summed E-state index contributed by atoms with van der Waals surface area (Å²) in [4.78, 5) is 0. The third-order valence-corrected chi connectivity index (χ3v) is 1.71. The molecule has 2 nitrogen and oxygen atoms in total. The zero-order chi connectivity index (χ0) is 8.97.